The molecule has 122 valence electrons. The van der Waals surface area contributed by atoms with E-state index in [1.807, 2.05) is 27.7 Å². The molecule has 0 atom stereocenters. The summed E-state index contributed by atoms with van der Waals surface area (Å²) in [5, 5.41) is 3.10. The third kappa shape index (κ3) is 7.08. The number of sulfonamides is 1. The molecule has 0 radical (unpaired) electrons. The van der Waals surface area contributed by atoms with E-state index in [-0.39, 0.29) is 11.6 Å². The summed E-state index contributed by atoms with van der Waals surface area (Å²) in [4.78, 5) is 0. The Balaban J connectivity index is 2.43. The number of nitrogens with one attached hydrogen (secondary N) is 2. The van der Waals surface area contributed by atoms with Gasteiger partial charge in [0.1, 0.15) is 5.76 Å². The third-order valence-corrected chi connectivity index (χ3v) is 3.91. The van der Waals surface area contributed by atoms with Crippen LogP contribution in [0.1, 0.15) is 33.5 Å². The second-order valence-corrected chi connectivity index (χ2v) is 7.32. The van der Waals surface area contributed by atoms with Crippen LogP contribution < -0.4 is 10.0 Å². The molecule has 0 amide bonds. The Labute approximate surface area is 127 Å². The first-order valence-electron chi connectivity index (χ1n) is 7.20. The lowest BCUT2D eigenvalue weighted by Gasteiger charge is -2.08. The zero-order chi connectivity index (χ0) is 15.9. The van der Waals surface area contributed by atoms with Gasteiger partial charge in [0, 0.05) is 19.2 Å². The van der Waals surface area contributed by atoms with Crippen LogP contribution in [0.15, 0.2) is 21.6 Å². The third-order valence-electron chi connectivity index (χ3n) is 2.58. The summed E-state index contributed by atoms with van der Waals surface area (Å²) in [6, 6.07) is 3.44. The van der Waals surface area contributed by atoms with E-state index in [0.717, 1.165) is 0 Å². The minimum Gasteiger partial charge on any atom is -0.447 e. The van der Waals surface area contributed by atoms with Crippen LogP contribution in [-0.4, -0.2) is 34.2 Å². The first-order chi connectivity index (χ1) is 9.81. The van der Waals surface area contributed by atoms with Gasteiger partial charge in [-0.05, 0) is 18.1 Å². The van der Waals surface area contributed by atoms with Gasteiger partial charge in [0.25, 0.3) is 10.0 Å². The summed E-state index contributed by atoms with van der Waals surface area (Å²) in [6.45, 7) is 9.81. The summed E-state index contributed by atoms with van der Waals surface area (Å²) in [7, 11) is -3.60. The molecule has 1 heterocycles. The number of ether oxygens (including phenoxy) is 1. The van der Waals surface area contributed by atoms with Crippen molar-refractivity contribution in [2.24, 2.45) is 5.92 Å². The summed E-state index contributed by atoms with van der Waals surface area (Å²) in [5.74, 6) is 1.03. The van der Waals surface area contributed by atoms with Gasteiger partial charge in [-0.3, -0.25) is 0 Å². The van der Waals surface area contributed by atoms with Crippen molar-refractivity contribution in [1.82, 2.24) is 10.0 Å². The molecule has 6 nitrogen and oxygen atoms in total. The molecule has 2 N–H and O–H groups in total. The van der Waals surface area contributed by atoms with Crippen LogP contribution in [0, 0.1) is 5.92 Å². The Hall–Kier alpha value is -0.890. The van der Waals surface area contributed by atoms with E-state index in [9.17, 15) is 8.42 Å². The van der Waals surface area contributed by atoms with Gasteiger partial charge in [0.2, 0.25) is 5.09 Å². The standard InChI is InChI=1S/C14H26N2O4S/c1-11(2)10-19-8-7-16-21(17,18)14-6-5-13(20-14)9-15-12(3)4/h5-6,11-12,15-16H,7-10H2,1-4H3. The fraction of sp³-hybridized carbons (Fsp3) is 0.714. The van der Waals surface area contributed by atoms with Crippen molar-refractivity contribution in [1.29, 1.82) is 0 Å². The average molecular weight is 318 g/mol. The maximum absolute atomic E-state index is 12.0. The fourth-order valence-electron chi connectivity index (χ4n) is 1.54. The molecular formula is C14H26N2O4S. The highest BCUT2D eigenvalue weighted by Gasteiger charge is 2.18. The summed E-state index contributed by atoms with van der Waals surface area (Å²) in [6.07, 6.45) is 0. The molecule has 0 aromatic carbocycles. The lowest BCUT2D eigenvalue weighted by molar-refractivity contribution is 0.114. The first kappa shape index (κ1) is 18.2. The number of furan rings is 1. The van der Waals surface area contributed by atoms with Gasteiger partial charge in [-0.25, -0.2) is 13.1 Å². The molecule has 0 spiro atoms. The first-order valence-corrected chi connectivity index (χ1v) is 8.69. The van der Waals surface area contributed by atoms with Gasteiger partial charge in [0.15, 0.2) is 0 Å². The molecule has 0 fully saturated rings. The van der Waals surface area contributed by atoms with Crippen LogP contribution in [0.5, 0.6) is 0 Å². The molecule has 21 heavy (non-hydrogen) atoms. The topological polar surface area (TPSA) is 80.6 Å². The van der Waals surface area contributed by atoms with Crippen molar-refractivity contribution < 1.29 is 17.6 Å². The summed E-state index contributed by atoms with van der Waals surface area (Å²) >= 11 is 0. The highest BCUT2D eigenvalue weighted by molar-refractivity contribution is 7.89. The van der Waals surface area contributed by atoms with Crippen LogP contribution in [0.25, 0.3) is 0 Å². The molecule has 1 aromatic heterocycles. The van der Waals surface area contributed by atoms with E-state index >= 15 is 0 Å². The van der Waals surface area contributed by atoms with Crippen molar-refractivity contribution in [3.63, 3.8) is 0 Å². The Morgan fingerprint density at radius 1 is 1.24 bits per heavy atom. The SMILES string of the molecule is CC(C)COCCNS(=O)(=O)c1ccc(CNC(C)C)o1. The largest absolute Gasteiger partial charge is 0.447 e. The minimum atomic E-state index is -3.60. The van der Waals surface area contributed by atoms with E-state index in [0.29, 0.717) is 37.5 Å². The molecule has 0 aliphatic rings. The highest BCUT2D eigenvalue weighted by atomic mass is 32.2. The number of hydrogen-bond acceptors (Lipinski definition) is 5. The second-order valence-electron chi connectivity index (χ2n) is 5.62. The maximum atomic E-state index is 12.0. The van der Waals surface area contributed by atoms with Gasteiger partial charge in [-0.15, -0.1) is 0 Å². The molecule has 0 aliphatic carbocycles. The average Bonchev–Trinajstić information content (AvgIpc) is 2.85. The molecule has 0 aliphatic heterocycles. The van der Waals surface area contributed by atoms with Gasteiger partial charge >= 0.3 is 0 Å². The van der Waals surface area contributed by atoms with Crippen LogP contribution in [0.3, 0.4) is 0 Å². The van der Waals surface area contributed by atoms with Crippen LogP contribution in [-0.2, 0) is 21.3 Å². The second kappa shape index (κ2) is 8.53. The molecule has 0 saturated heterocycles. The van der Waals surface area contributed by atoms with Gasteiger partial charge in [0.05, 0.1) is 13.2 Å². The minimum absolute atomic E-state index is 0.0630. The summed E-state index contributed by atoms with van der Waals surface area (Å²) < 4.78 is 37.1. The Bertz CT molecular complexity index is 509. The number of hydrogen-bond donors (Lipinski definition) is 2. The van der Waals surface area contributed by atoms with E-state index < -0.39 is 10.0 Å². The predicted octanol–water partition coefficient (Wildman–Crippen LogP) is 1.73. The molecule has 0 unspecified atom stereocenters. The van der Waals surface area contributed by atoms with Gasteiger partial charge in [-0.2, -0.15) is 0 Å². The smallest absolute Gasteiger partial charge is 0.274 e. The Morgan fingerprint density at radius 2 is 1.95 bits per heavy atom. The van der Waals surface area contributed by atoms with E-state index in [1.54, 1.807) is 6.07 Å². The molecule has 1 aromatic rings. The van der Waals surface area contributed by atoms with Crippen molar-refractivity contribution in [3.8, 4) is 0 Å². The van der Waals surface area contributed by atoms with Crippen LogP contribution >= 0.6 is 0 Å². The van der Waals surface area contributed by atoms with Crippen LogP contribution in [0.2, 0.25) is 0 Å². The van der Waals surface area contributed by atoms with Crippen molar-refractivity contribution >= 4 is 10.0 Å². The molecule has 0 saturated carbocycles. The normalized spacial score (nSPS) is 12.5. The highest BCUT2D eigenvalue weighted by Crippen LogP contribution is 2.13. The molecule has 7 heteroatoms. The molecular weight excluding hydrogens is 292 g/mol. The van der Waals surface area contributed by atoms with Gasteiger partial charge < -0.3 is 14.5 Å². The van der Waals surface area contributed by atoms with Crippen molar-refractivity contribution in [3.05, 3.63) is 17.9 Å². The molecule has 0 bridgehead atoms. The van der Waals surface area contributed by atoms with Crippen molar-refractivity contribution in [2.45, 2.75) is 45.4 Å². The zero-order valence-electron chi connectivity index (χ0n) is 13.2. The van der Waals surface area contributed by atoms with E-state index in [4.69, 9.17) is 9.15 Å². The van der Waals surface area contributed by atoms with E-state index in [2.05, 4.69) is 10.0 Å². The zero-order valence-corrected chi connectivity index (χ0v) is 14.0. The molecule has 1 rings (SSSR count). The number of rotatable bonds is 10. The predicted molar refractivity (Wildman–Crippen MR) is 81.5 cm³/mol. The van der Waals surface area contributed by atoms with E-state index in [1.165, 1.54) is 6.07 Å². The lowest BCUT2D eigenvalue weighted by Crippen LogP contribution is -2.27. The van der Waals surface area contributed by atoms with Crippen molar-refractivity contribution in [2.75, 3.05) is 19.8 Å². The fourth-order valence-corrected chi connectivity index (χ4v) is 2.50. The van der Waals surface area contributed by atoms with Crippen LogP contribution in [0.4, 0.5) is 0 Å². The Kier molecular flexibility index (Phi) is 7.37. The Morgan fingerprint density at radius 3 is 2.57 bits per heavy atom. The quantitative estimate of drug-likeness (QED) is 0.642. The summed E-state index contributed by atoms with van der Waals surface area (Å²) in [5.41, 5.74) is 0. The lowest BCUT2D eigenvalue weighted by atomic mass is 10.2. The monoisotopic (exact) mass is 318 g/mol. The maximum Gasteiger partial charge on any atom is 0.274 e. The van der Waals surface area contributed by atoms with Gasteiger partial charge in [-0.1, -0.05) is 27.7 Å².